The van der Waals surface area contributed by atoms with Gasteiger partial charge in [0, 0.05) is 26.2 Å². The van der Waals surface area contributed by atoms with E-state index in [1.807, 2.05) is 37.3 Å². The number of aromatic amines is 1. The van der Waals surface area contributed by atoms with Crippen molar-refractivity contribution >= 4 is 20.9 Å². The van der Waals surface area contributed by atoms with Gasteiger partial charge < -0.3 is 4.98 Å². The van der Waals surface area contributed by atoms with Crippen molar-refractivity contribution in [3.05, 3.63) is 70.3 Å². The Kier molecular flexibility index (Phi) is 5.96. The fraction of sp³-hybridized carbons (Fsp3) is 0.417. The minimum atomic E-state index is -3.54. The number of piperazine rings is 1. The van der Waals surface area contributed by atoms with Gasteiger partial charge in [0.05, 0.1) is 21.8 Å². The summed E-state index contributed by atoms with van der Waals surface area (Å²) in [6.45, 7) is 10.2. The second kappa shape index (κ2) is 8.42. The van der Waals surface area contributed by atoms with E-state index >= 15 is 0 Å². The van der Waals surface area contributed by atoms with Gasteiger partial charge in [-0.25, -0.2) is 13.4 Å². The second-order valence-electron chi connectivity index (χ2n) is 9.36. The number of hydrogen-bond donors (Lipinski definition) is 1. The predicted octanol–water partition coefficient (Wildman–Crippen LogP) is 3.29. The first-order valence-electron chi connectivity index (χ1n) is 10.9. The molecule has 1 aromatic heterocycles. The van der Waals surface area contributed by atoms with Gasteiger partial charge in [-0.1, -0.05) is 45.0 Å². The number of fused-ring (bicyclic) bond motifs is 1. The van der Waals surface area contributed by atoms with E-state index in [9.17, 15) is 13.2 Å². The molecule has 170 valence electrons. The maximum Gasteiger partial charge on any atom is 0.258 e. The number of nitrogens with zero attached hydrogens (tertiary/aromatic N) is 3. The van der Waals surface area contributed by atoms with Gasteiger partial charge in [0.1, 0.15) is 5.82 Å². The van der Waals surface area contributed by atoms with Crippen molar-refractivity contribution in [1.29, 1.82) is 0 Å². The third-order valence-electron chi connectivity index (χ3n) is 6.21. The molecule has 1 N–H and O–H groups in total. The maximum atomic E-state index is 13.1. The van der Waals surface area contributed by atoms with E-state index in [2.05, 4.69) is 35.6 Å². The maximum absolute atomic E-state index is 13.1. The average Bonchev–Trinajstić information content (AvgIpc) is 2.78. The molecule has 2 aromatic carbocycles. The van der Waals surface area contributed by atoms with Crippen LogP contribution in [0.3, 0.4) is 0 Å². The zero-order chi connectivity index (χ0) is 23.1. The van der Waals surface area contributed by atoms with Crippen molar-refractivity contribution in [1.82, 2.24) is 19.2 Å². The van der Waals surface area contributed by atoms with Gasteiger partial charge in [-0.3, -0.25) is 9.69 Å². The van der Waals surface area contributed by atoms with Crippen molar-refractivity contribution in [2.75, 3.05) is 26.2 Å². The summed E-state index contributed by atoms with van der Waals surface area (Å²) >= 11 is 0. The Morgan fingerprint density at radius 2 is 1.59 bits per heavy atom. The van der Waals surface area contributed by atoms with Gasteiger partial charge in [-0.2, -0.15) is 4.31 Å². The molecular formula is C24H30N4O3S. The summed E-state index contributed by atoms with van der Waals surface area (Å²) in [7, 11) is -3.54. The monoisotopic (exact) mass is 454 g/mol. The normalized spacial score (nSPS) is 17.5. The largest absolute Gasteiger partial charge is 0.309 e. The Labute approximate surface area is 189 Å². The Morgan fingerprint density at radius 3 is 2.22 bits per heavy atom. The molecule has 1 fully saturated rings. The summed E-state index contributed by atoms with van der Waals surface area (Å²) in [4.78, 5) is 22.4. The first-order valence-corrected chi connectivity index (χ1v) is 12.3. The first-order chi connectivity index (χ1) is 15.1. The van der Waals surface area contributed by atoms with Crippen molar-refractivity contribution in [3.8, 4) is 0 Å². The highest BCUT2D eigenvalue weighted by Gasteiger charge is 2.31. The smallest absolute Gasteiger partial charge is 0.258 e. The molecule has 1 saturated heterocycles. The van der Waals surface area contributed by atoms with Crippen LogP contribution in [0, 0.1) is 0 Å². The average molecular weight is 455 g/mol. The lowest BCUT2D eigenvalue weighted by atomic mass is 9.87. The molecule has 0 spiro atoms. The summed E-state index contributed by atoms with van der Waals surface area (Å²) < 4.78 is 27.8. The summed E-state index contributed by atoms with van der Waals surface area (Å²) in [6.07, 6.45) is 0. The standard InChI is InChI=1S/C24H30N4O3S/c1-17(22-25-21-8-6-5-7-20(21)23(29)26-22)27-13-15-28(16-14-27)32(30,31)19-11-9-18(10-12-19)24(2,3)4/h5-12,17H,13-16H2,1-4H3,(H,25,26,29)/t17-/m0/s1. The number of benzene rings is 2. The Bertz CT molecular complexity index is 1270. The van der Waals surface area contributed by atoms with Crippen molar-refractivity contribution in [2.24, 2.45) is 0 Å². The first kappa shape index (κ1) is 22.6. The van der Waals surface area contributed by atoms with Gasteiger partial charge in [-0.15, -0.1) is 0 Å². The molecule has 1 aliphatic heterocycles. The third-order valence-corrected chi connectivity index (χ3v) is 8.12. The van der Waals surface area contributed by atoms with Crippen LogP contribution >= 0.6 is 0 Å². The lowest BCUT2D eigenvalue weighted by Gasteiger charge is -2.37. The van der Waals surface area contributed by atoms with E-state index < -0.39 is 10.0 Å². The molecule has 0 aliphatic carbocycles. The van der Waals surface area contributed by atoms with Gasteiger partial charge >= 0.3 is 0 Å². The van der Waals surface area contributed by atoms with Crippen LogP contribution in [0.5, 0.6) is 0 Å². The second-order valence-corrected chi connectivity index (χ2v) is 11.3. The van der Waals surface area contributed by atoms with Crippen LogP contribution in [0.2, 0.25) is 0 Å². The van der Waals surface area contributed by atoms with Crippen LogP contribution in [0.4, 0.5) is 0 Å². The molecule has 8 heteroatoms. The molecule has 0 bridgehead atoms. The fourth-order valence-electron chi connectivity index (χ4n) is 4.08. The number of para-hydroxylation sites is 1. The quantitative estimate of drug-likeness (QED) is 0.654. The molecule has 0 amide bonds. The van der Waals surface area contributed by atoms with Crippen LogP contribution in [-0.2, 0) is 15.4 Å². The summed E-state index contributed by atoms with van der Waals surface area (Å²) in [5.74, 6) is 0.600. The molecule has 4 rings (SSSR count). The Morgan fingerprint density at radius 1 is 0.969 bits per heavy atom. The molecule has 7 nitrogen and oxygen atoms in total. The highest BCUT2D eigenvalue weighted by molar-refractivity contribution is 7.89. The Balaban J connectivity index is 1.47. The molecule has 1 atom stereocenters. The Hall–Kier alpha value is -2.55. The molecule has 2 heterocycles. The van der Waals surface area contributed by atoms with Gasteiger partial charge in [0.25, 0.3) is 5.56 Å². The van der Waals surface area contributed by atoms with E-state index in [1.165, 1.54) is 0 Å². The number of nitrogens with one attached hydrogen (secondary N) is 1. The lowest BCUT2D eigenvalue weighted by Crippen LogP contribution is -2.49. The minimum absolute atomic E-state index is 0.0260. The minimum Gasteiger partial charge on any atom is -0.309 e. The van der Waals surface area contributed by atoms with E-state index in [0.717, 1.165) is 5.56 Å². The van der Waals surface area contributed by atoms with Crippen LogP contribution < -0.4 is 5.56 Å². The lowest BCUT2D eigenvalue weighted by molar-refractivity contribution is 0.141. The van der Waals surface area contributed by atoms with Crippen LogP contribution in [0.15, 0.2) is 58.2 Å². The summed E-state index contributed by atoms with van der Waals surface area (Å²) in [5.41, 5.74) is 1.59. The molecule has 0 unspecified atom stereocenters. The van der Waals surface area contributed by atoms with Crippen molar-refractivity contribution in [3.63, 3.8) is 0 Å². The SMILES string of the molecule is C[C@@H](c1nc2ccccc2c(=O)[nH]1)N1CCN(S(=O)(=O)c2ccc(C(C)(C)C)cc2)CC1. The predicted molar refractivity (Wildman–Crippen MR) is 126 cm³/mol. The number of hydrogen-bond acceptors (Lipinski definition) is 5. The highest BCUT2D eigenvalue weighted by Crippen LogP contribution is 2.26. The number of rotatable bonds is 4. The third kappa shape index (κ3) is 4.35. The van der Waals surface area contributed by atoms with Gasteiger partial charge in [0.2, 0.25) is 10.0 Å². The fourth-order valence-corrected chi connectivity index (χ4v) is 5.50. The highest BCUT2D eigenvalue weighted by atomic mass is 32.2. The zero-order valence-corrected chi connectivity index (χ0v) is 19.8. The van der Waals surface area contributed by atoms with Crippen LogP contribution in [-0.4, -0.2) is 53.8 Å². The van der Waals surface area contributed by atoms with E-state index in [-0.39, 0.29) is 17.0 Å². The molecule has 3 aromatic rings. The van der Waals surface area contributed by atoms with E-state index in [1.54, 1.807) is 22.5 Å². The molecule has 0 radical (unpaired) electrons. The van der Waals surface area contributed by atoms with Crippen molar-refractivity contribution < 1.29 is 8.42 Å². The van der Waals surface area contributed by atoms with Gasteiger partial charge in [-0.05, 0) is 42.2 Å². The molecular weight excluding hydrogens is 424 g/mol. The van der Waals surface area contributed by atoms with E-state index in [0.29, 0.717) is 47.8 Å². The van der Waals surface area contributed by atoms with Crippen LogP contribution in [0.25, 0.3) is 10.9 Å². The van der Waals surface area contributed by atoms with Crippen molar-refractivity contribution in [2.45, 2.75) is 44.0 Å². The van der Waals surface area contributed by atoms with Crippen LogP contribution in [0.1, 0.15) is 45.1 Å². The molecule has 0 saturated carbocycles. The number of H-pyrrole nitrogens is 1. The topological polar surface area (TPSA) is 86.4 Å². The molecule has 32 heavy (non-hydrogen) atoms. The van der Waals surface area contributed by atoms with Gasteiger partial charge in [0.15, 0.2) is 0 Å². The summed E-state index contributed by atoms with van der Waals surface area (Å²) in [6, 6.07) is 14.3. The molecule has 1 aliphatic rings. The number of sulfonamides is 1. The van der Waals surface area contributed by atoms with E-state index in [4.69, 9.17) is 0 Å². The zero-order valence-electron chi connectivity index (χ0n) is 19.0. The summed E-state index contributed by atoms with van der Waals surface area (Å²) in [5, 5.41) is 0.567. The number of aromatic nitrogens is 2.